The van der Waals surface area contributed by atoms with Gasteiger partial charge in [0.25, 0.3) is 0 Å². The van der Waals surface area contributed by atoms with Crippen LogP contribution in [-0.4, -0.2) is 47.2 Å². The molecule has 4 aromatic rings. The number of anilines is 1. The first-order valence-corrected chi connectivity index (χ1v) is 13.9. The number of ether oxygens (including phenoxy) is 2. The Hall–Kier alpha value is -4.20. The van der Waals surface area contributed by atoms with E-state index in [-0.39, 0.29) is 17.8 Å². The van der Waals surface area contributed by atoms with Gasteiger partial charge in [0.05, 0.1) is 24.8 Å². The van der Waals surface area contributed by atoms with Gasteiger partial charge >= 0.3 is 5.97 Å². The minimum absolute atomic E-state index is 0.0950. The van der Waals surface area contributed by atoms with Crippen molar-refractivity contribution in [2.75, 3.05) is 31.2 Å². The zero-order valence-corrected chi connectivity index (χ0v) is 23.4. The van der Waals surface area contributed by atoms with Gasteiger partial charge in [-0.2, -0.15) is 0 Å². The van der Waals surface area contributed by atoms with Crippen LogP contribution in [0.25, 0.3) is 11.5 Å². The van der Waals surface area contributed by atoms with E-state index in [0.717, 1.165) is 53.4 Å². The van der Waals surface area contributed by atoms with E-state index in [4.69, 9.17) is 13.9 Å². The van der Waals surface area contributed by atoms with E-state index < -0.39 is 0 Å². The van der Waals surface area contributed by atoms with Crippen LogP contribution in [0.1, 0.15) is 36.1 Å². The molecule has 1 fully saturated rings. The van der Waals surface area contributed by atoms with Crippen LogP contribution in [-0.2, 0) is 22.4 Å². The lowest BCUT2D eigenvalue weighted by molar-refractivity contribution is -0.150. The van der Waals surface area contributed by atoms with Gasteiger partial charge in [-0.25, -0.2) is 15.0 Å². The van der Waals surface area contributed by atoms with Gasteiger partial charge in [0.2, 0.25) is 11.8 Å². The van der Waals surface area contributed by atoms with Crippen LogP contribution >= 0.6 is 0 Å². The fraction of sp³-hybridized carbons (Fsp3) is 0.375. The molecule has 0 aliphatic carbocycles. The van der Waals surface area contributed by atoms with E-state index in [2.05, 4.69) is 32.0 Å². The third-order valence-corrected chi connectivity index (χ3v) is 7.33. The van der Waals surface area contributed by atoms with Crippen molar-refractivity contribution in [1.29, 1.82) is 0 Å². The van der Waals surface area contributed by atoms with Crippen molar-refractivity contribution in [3.63, 3.8) is 0 Å². The summed E-state index contributed by atoms with van der Waals surface area (Å²) in [6, 6.07) is 19.9. The molecule has 2 atom stereocenters. The molecule has 2 aromatic carbocycles. The molecule has 208 valence electrons. The fourth-order valence-corrected chi connectivity index (χ4v) is 5.22. The minimum atomic E-state index is -0.150. The van der Waals surface area contributed by atoms with Gasteiger partial charge in [-0.15, -0.1) is 0 Å². The van der Waals surface area contributed by atoms with Crippen LogP contribution in [0.5, 0.6) is 5.75 Å². The fourth-order valence-electron chi connectivity index (χ4n) is 5.22. The number of aryl methyl sites for hydroxylation is 2. The number of rotatable bonds is 10. The van der Waals surface area contributed by atoms with Crippen molar-refractivity contribution in [2.45, 2.75) is 40.0 Å². The lowest BCUT2D eigenvalue weighted by Gasteiger charge is -2.37. The summed E-state index contributed by atoms with van der Waals surface area (Å²) in [4.78, 5) is 28.7. The number of nitrogens with zero attached hydrogens (tertiary/aromatic N) is 4. The Morgan fingerprint density at radius 3 is 2.60 bits per heavy atom. The van der Waals surface area contributed by atoms with E-state index in [1.807, 2.05) is 69.3 Å². The Kier molecular flexibility index (Phi) is 8.74. The van der Waals surface area contributed by atoms with Crippen LogP contribution in [0.15, 0.2) is 71.3 Å². The highest BCUT2D eigenvalue weighted by atomic mass is 16.5. The molecule has 0 N–H and O–H groups in total. The molecular weight excluding hydrogens is 504 g/mol. The average Bonchev–Trinajstić information content (AvgIpc) is 3.34. The highest BCUT2D eigenvalue weighted by Crippen LogP contribution is 2.30. The maximum Gasteiger partial charge on any atom is 0.309 e. The Balaban J connectivity index is 1.20. The molecule has 2 aromatic heterocycles. The summed E-state index contributed by atoms with van der Waals surface area (Å²) in [6.07, 6.45) is 3.92. The monoisotopic (exact) mass is 540 g/mol. The van der Waals surface area contributed by atoms with Gasteiger partial charge in [-0.3, -0.25) is 4.79 Å². The standard InChI is InChI=1S/C32H36N4O4/c1-4-38-31(37)28-15-18-36(32-33-17-14-22(2)34-32)21-26(28)20-24-10-12-27(13-11-24)39-19-16-29-23(3)40-30(35-29)25-8-6-5-7-9-25/h5-14,17,26,28H,4,15-16,18-21H2,1-3H3/t26-,28+/m1/s1. The first-order valence-electron chi connectivity index (χ1n) is 13.9. The second kappa shape index (κ2) is 12.8. The van der Waals surface area contributed by atoms with Gasteiger partial charge < -0.3 is 18.8 Å². The number of hydrogen-bond donors (Lipinski definition) is 0. The lowest BCUT2D eigenvalue weighted by atomic mass is 9.81. The van der Waals surface area contributed by atoms with E-state index in [1.165, 1.54) is 0 Å². The topological polar surface area (TPSA) is 90.6 Å². The Morgan fingerprint density at radius 2 is 1.85 bits per heavy atom. The molecule has 5 rings (SSSR count). The van der Waals surface area contributed by atoms with Crippen molar-refractivity contribution in [3.8, 4) is 17.2 Å². The summed E-state index contributed by atoms with van der Waals surface area (Å²) in [5.74, 6) is 2.79. The van der Waals surface area contributed by atoms with Crippen molar-refractivity contribution in [2.24, 2.45) is 11.8 Å². The zero-order valence-electron chi connectivity index (χ0n) is 23.4. The lowest BCUT2D eigenvalue weighted by Crippen LogP contribution is -2.45. The van der Waals surface area contributed by atoms with E-state index in [9.17, 15) is 4.79 Å². The molecule has 1 aliphatic rings. The Morgan fingerprint density at radius 1 is 1.05 bits per heavy atom. The molecule has 1 aliphatic heterocycles. The molecule has 40 heavy (non-hydrogen) atoms. The average molecular weight is 541 g/mol. The second-order valence-electron chi connectivity index (χ2n) is 10.2. The number of benzene rings is 2. The highest BCUT2D eigenvalue weighted by molar-refractivity contribution is 5.73. The first kappa shape index (κ1) is 27.4. The van der Waals surface area contributed by atoms with Crippen molar-refractivity contribution in [1.82, 2.24) is 15.0 Å². The molecule has 0 unspecified atom stereocenters. The van der Waals surface area contributed by atoms with Crippen LogP contribution in [0, 0.1) is 25.7 Å². The number of hydrogen-bond acceptors (Lipinski definition) is 8. The molecule has 8 nitrogen and oxygen atoms in total. The summed E-state index contributed by atoms with van der Waals surface area (Å²) in [5, 5.41) is 0. The highest BCUT2D eigenvalue weighted by Gasteiger charge is 2.36. The summed E-state index contributed by atoms with van der Waals surface area (Å²) in [7, 11) is 0. The first-order chi connectivity index (χ1) is 19.5. The summed E-state index contributed by atoms with van der Waals surface area (Å²) in [5.41, 5.74) is 3.95. The van der Waals surface area contributed by atoms with Crippen LogP contribution in [0.3, 0.4) is 0 Å². The SMILES string of the molecule is CCOC(=O)[C@H]1CCN(c2nccc(C)n2)C[C@H]1Cc1ccc(OCCc2nc(-c3ccccc3)oc2C)cc1. The number of oxazole rings is 1. The third-order valence-electron chi connectivity index (χ3n) is 7.33. The maximum absolute atomic E-state index is 12.8. The predicted octanol–water partition coefficient (Wildman–Crippen LogP) is 5.62. The van der Waals surface area contributed by atoms with Gasteiger partial charge in [0.15, 0.2) is 0 Å². The second-order valence-corrected chi connectivity index (χ2v) is 10.2. The normalized spacial score (nSPS) is 17.0. The van der Waals surface area contributed by atoms with Crippen LogP contribution in [0.4, 0.5) is 5.95 Å². The van der Waals surface area contributed by atoms with Gasteiger partial charge in [0, 0.05) is 37.0 Å². The zero-order chi connectivity index (χ0) is 27.9. The summed E-state index contributed by atoms with van der Waals surface area (Å²) >= 11 is 0. The van der Waals surface area contributed by atoms with Crippen molar-refractivity contribution >= 4 is 11.9 Å². The van der Waals surface area contributed by atoms with Gasteiger partial charge in [-0.05, 0) is 75.4 Å². The molecule has 0 spiro atoms. The molecule has 3 heterocycles. The van der Waals surface area contributed by atoms with Crippen LogP contribution in [0.2, 0.25) is 0 Å². The number of esters is 1. The molecule has 8 heteroatoms. The third kappa shape index (κ3) is 6.68. The maximum atomic E-state index is 12.8. The molecular formula is C32H36N4O4. The minimum Gasteiger partial charge on any atom is -0.493 e. The van der Waals surface area contributed by atoms with E-state index in [0.29, 0.717) is 38.0 Å². The number of carbonyl (C=O) groups excluding carboxylic acids is 1. The largest absolute Gasteiger partial charge is 0.493 e. The van der Waals surface area contributed by atoms with Crippen LogP contribution < -0.4 is 9.64 Å². The number of aromatic nitrogens is 3. The molecule has 0 bridgehead atoms. The Labute approximate surface area is 235 Å². The quantitative estimate of drug-likeness (QED) is 0.240. The van der Waals surface area contributed by atoms with Crippen molar-refractivity contribution in [3.05, 3.63) is 89.6 Å². The molecule has 0 saturated carbocycles. The number of piperidine rings is 1. The summed E-state index contributed by atoms with van der Waals surface area (Å²) in [6.45, 7) is 8.08. The summed E-state index contributed by atoms with van der Waals surface area (Å²) < 4.78 is 17.3. The molecule has 0 radical (unpaired) electrons. The van der Waals surface area contributed by atoms with Crippen molar-refractivity contribution < 1.29 is 18.7 Å². The molecule has 0 amide bonds. The van der Waals surface area contributed by atoms with Gasteiger partial charge in [0.1, 0.15) is 11.5 Å². The van der Waals surface area contributed by atoms with Gasteiger partial charge in [-0.1, -0.05) is 30.3 Å². The number of carbonyl (C=O) groups is 1. The van der Waals surface area contributed by atoms with E-state index in [1.54, 1.807) is 6.20 Å². The predicted molar refractivity (Wildman–Crippen MR) is 153 cm³/mol. The Bertz CT molecular complexity index is 1400. The molecule has 1 saturated heterocycles. The van der Waals surface area contributed by atoms with E-state index >= 15 is 0 Å². The smallest absolute Gasteiger partial charge is 0.309 e.